The fourth-order valence-electron chi connectivity index (χ4n) is 2.28. The van der Waals surface area contributed by atoms with Gasteiger partial charge in [-0.3, -0.25) is 0 Å². The van der Waals surface area contributed by atoms with Crippen molar-refractivity contribution in [1.82, 2.24) is 0 Å². The maximum absolute atomic E-state index is 5.43. The molecule has 0 fully saturated rings. The van der Waals surface area contributed by atoms with Gasteiger partial charge in [0.2, 0.25) is 0 Å². The predicted molar refractivity (Wildman–Crippen MR) is 84.6 cm³/mol. The van der Waals surface area contributed by atoms with Gasteiger partial charge in [0.15, 0.2) is 11.5 Å². The molecule has 4 nitrogen and oxygen atoms in total. The summed E-state index contributed by atoms with van der Waals surface area (Å²) in [6, 6.07) is 11.9. The number of benzene rings is 2. The van der Waals surface area contributed by atoms with E-state index < -0.39 is 0 Å². The van der Waals surface area contributed by atoms with Gasteiger partial charge in [-0.15, -0.1) is 0 Å². The second-order valence-corrected chi connectivity index (χ2v) is 4.69. The largest absolute Gasteiger partial charge is 0.496 e. The van der Waals surface area contributed by atoms with Gasteiger partial charge >= 0.3 is 0 Å². The molecule has 0 aliphatic heterocycles. The van der Waals surface area contributed by atoms with E-state index in [1.165, 1.54) is 0 Å². The van der Waals surface area contributed by atoms with Gasteiger partial charge in [0, 0.05) is 17.8 Å². The summed E-state index contributed by atoms with van der Waals surface area (Å²) in [5, 5.41) is 3.39. The zero-order valence-electron chi connectivity index (χ0n) is 12.9. The Morgan fingerprint density at radius 2 is 1.67 bits per heavy atom. The normalized spacial score (nSPS) is 10.1. The van der Waals surface area contributed by atoms with E-state index in [-0.39, 0.29) is 0 Å². The highest BCUT2D eigenvalue weighted by Gasteiger charge is 2.09. The van der Waals surface area contributed by atoms with Crippen molar-refractivity contribution < 1.29 is 14.2 Å². The topological polar surface area (TPSA) is 39.7 Å². The minimum absolute atomic E-state index is 0.659. The van der Waals surface area contributed by atoms with E-state index in [1.807, 2.05) is 37.3 Å². The molecule has 0 heterocycles. The molecule has 112 valence electrons. The first-order valence-corrected chi connectivity index (χ1v) is 6.78. The lowest BCUT2D eigenvalue weighted by Gasteiger charge is -2.14. The van der Waals surface area contributed by atoms with Crippen LogP contribution in [0.4, 0.5) is 5.69 Å². The van der Waals surface area contributed by atoms with E-state index in [1.54, 1.807) is 21.3 Å². The van der Waals surface area contributed by atoms with Crippen molar-refractivity contribution in [1.29, 1.82) is 0 Å². The molecule has 0 aliphatic rings. The lowest BCUT2D eigenvalue weighted by molar-refractivity contribution is 0.352. The number of nitrogens with one attached hydrogen (secondary N) is 1. The van der Waals surface area contributed by atoms with E-state index in [2.05, 4.69) is 11.4 Å². The van der Waals surface area contributed by atoms with E-state index in [0.717, 1.165) is 34.1 Å². The van der Waals surface area contributed by atoms with Crippen molar-refractivity contribution in [2.24, 2.45) is 0 Å². The Labute approximate surface area is 125 Å². The highest BCUT2D eigenvalue weighted by Crippen LogP contribution is 2.31. The quantitative estimate of drug-likeness (QED) is 0.880. The molecule has 2 aromatic carbocycles. The van der Waals surface area contributed by atoms with Crippen LogP contribution >= 0.6 is 0 Å². The number of hydrogen-bond donors (Lipinski definition) is 1. The minimum Gasteiger partial charge on any atom is -0.496 e. The van der Waals surface area contributed by atoms with Crippen molar-refractivity contribution in [2.45, 2.75) is 13.5 Å². The summed E-state index contributed by atoms with van der Waals surface area (Å²) in [6.07, 6.45) is 0. The molecule has 2 aromatic rings. The van der Waals surface area contributed by atoms with E-state index in [0.29, 0.717) is 6.54 Å². The number of ether oxygens (including phenoxy) is 3. The zero-order chi connectivity index (χ0) is 15.2. The molecule has 4 heteroatoms. The number of hydrogen-bond acceptors (Lipinski definition) is 4. The van der Waals surface area contributed by atoms with E-state index in [4.69, 9.17) is 14.2 Å². The molecule has 1 N–H and O–H groups in total. The zero-order valence-corrected chi connectivity index (χ0v) is 12.9. The number of rotatable bonds is 6. The Hall–Kier alpha value is -2.36. The molecule has 0 saturated heterocycles. The Kier molecular flexibility index (Phi) is 4.93. The molecule has 0 unspecified atom stereocenters. The third-order valence-electron chi connectivity index (χ3n) is 3.36. The fraction of sp³-hybridized carbons (Fsp3) is 0.294. The van der Waals surface area contributed by atoms with Gasteiger partial charge in [0.05, 0.1) is 21.3 Å². The highest BCUT2D eigenvalue weighted by atomic mass is 16.5. The summed E-state index contributed by atoms with van der Waals surface area (Å²) in [4.78, 5) is 0. The number of anilines is 1. The van der Waals surface area contributed by atoms with Crippen LogP contribution in [0.5, 0.6) is 17.2 Å². The van der Waals surface area contributed by atoms with Crippen LogP contribution in [0.25, 0.3) is 0 Å². The molecular weight excluding hydrogens is 266 g/mol. The Balaban J connectivity index is 2.15. The predicted octanol–water partition coefficient (Wildman–Crippen LogP) is 3.63. The van der Waals surface area contributed by atoms with Gasteiger partial charge < -0.3 is 19.5 Å². The maximum atomic E-state index is 5.43. The molecule has 0 aliphatic carbocycles. The molecular formula is C17H21NO3. The van der Waals surface area contributed by atoms with Crippen LogP contribution in [0.1, 0.15) is 11.1 Å². The van der Waals surface area contributed by atoms with Gasteiger partial charge in [-0.1, -0.05) is 12.1 Å². The monoisotopic (exact) mass is 287 g/mol. The molecule has 0 spiro atoms. The van der Waals surface area contributed by atoms with E-state index >= 15 is 0 Å². The van der Waals surface area contributed by atoms with Gasteiger partial charge in [-0.2, -0.15) is 0 Å². The summed E-state index contributed by atoms with van der Waals surface area (Å²) in [5.74, 6) is 2.39. The average molecular weight is 287 g/mol. The van der Waals surface area contributed by atoms with Crippen molar-refractivity contribution >= 4 is 5.69 Å². The Morgan fingerprint density at radius 3 is 2.29 bits per heavy atom. The first kappa shape index (κ1) is 15.0. The summed E-state index contributed by atoms with van der Waals surface area (Å²) in [6.45, 7) is 2.68. The molecule has 0 bridgehead atoms. The van der Waals surface area contributed by atoms with Crippen molar-refractivity contribution in [3.63, 3.8) is 0 Å². The van der Waals surface area contributed by atoms with Crippen molar-refractivity contribution in [3.8, 4) is 17.2 Å². The molecule has 21 heavy (non-hydrogen) atoms. The fourth-order valence-corrected chi connectivity index (χ4v) is 2.28. The third kappa shape index (κ3) is 3.40. The number of methoxy groups -OCH3 is 3. The first-order chi connectivity index (χ1) is 10.2. The Morgan fingerprint density at radius 1 is 0.905 bits per heavy atom. The van der Waals surface area contributed by atoms with Gasteiger partial charge in [-0.25, -0.2) is 0 Å². The highest BCUT2D eigenvalue weighted by molar-refractivity contribution is 5.53. The first-order valence-electron chi connectivity index (χ1n) is 6.78. The molecule has 0 radical (unpaired) electrons. The van der Waals surface area contributed by atoms with Crippen LogP contribution in [0.3, 0.4) is 0 Å². The standard InChI is InChI=1S/C17H21NO3/c1-12-10-14(8-9-15(12)19-2)18-11-13-6-5-7-16(20-3)17(13)21-4/h5-10,18H,11H2,1-4H3. The average Bonchev–Trinajstić information content (AvgIpc) is 2.52. The van der Waals surface area contributed by atoms with Gasteiger partial charge in [0.25, 0.3) is 0 Å². The smallest absolute Gasteiger partial charge is 0.165 e. The van der Waals surface area contributed by atoms with Crippen molar-refractivity contribution in [3.05, 3.63) is 47.5 Å². The van der Waals surface area contributed by atoms with E-state index in [9.17, 15) is 0 Å². The second-order valence-electron chi connectivity index (χ2n) is 4.69. The lowest BCUT2D eigenvalue weighted by Crippen LogP contribution is -2.03. The van der Waals surface area contributed by atoms with Crippen LogP contribution < -0.4 is 19.5 Å². The SMILES string of the molecule is COc1ccc(NCc2cccc(OC)c2OC)cc1C. The van der Waals surface area contributed by atoms with Crippen LogP contribution in [-0.2, 0) is 6.54 Å². The second kappa shape index (κ2) is 6.88. The summed E-state index contributed by atoms with van der Waals surface area (Å²) in [5.41, 5.74) is 3.18. The molecule has 0 aromatic heterocycles. The number of aryl methyl sites for hydroxylation is 1. The van der Waals surface area contributed by atoms with Crippen LogP contribution in [-0.4, -0.2) is 21.3 Å². The van der Waals surface area contributed by atoms with Gasteiger partial charge in [0.1, 0.15) is 5.75 Å². The molecule has 2 rings (SSSR count). The number of para-hydroxylation sites is 1. The minimum atomic E-state index is 0.659. The third-order valence-corrected chi connectivity index (χ3v) is 3.36. The molecule has 0 amide bonds. The van der Waals surface area contributed by atoms with Crippen LogP contribution in [0.15, 0.2) is 36.4 Å². The summed E-state index contributed by atoms with van der Waals surface area (Å²) < 4.78 is 16.0. The maximum Gasteiger partial charge on any atom is 0.165 e. The lowest BCUT2D eigenvalue weighted by atomic mass is 10.1. The van der Waals surface area contributed by atoms with Crippen LogP contribution in [0, 0.1) is 6.92 Å². The summed E-state index contributed by atoms with van der Waals surface area (Å²) >= 11 is 0. The van der Waals surface area contributed by atoms with Crippen LogP contribution in [0.2, 0.25) is 0 Å². The Bertz CT molecular complexity index is 611. The summed E-state index contributed by atoms with van der Waals surface area (Å²) in [7, 11) is 4.97. The van der Waals surface area contributed by atoms with Crippen molar-refractivity contribution in [2.75, 3.05) is 26.6 Å². The molecule has 0 saturated carbocycles. The molecule has 0 atom stereocenters. The van der Waals surface area contributed by atoms with Gasteiger partial charge in [-0.05, 0) is 36.8 Å².